The van der Waals surface area contributed by atoms with Gasteiger partial charge in [0.1, 0.15) is 5.82 Å². The molecule has 1 aliphatic rings. The van der Waals surface area contributed by atoms with Crippen LogP contribution in [0.4, 0.5) is 5.82 Å². The number of aromatic carboxylic acids is 1. The highest BCUT2D eigenvalue weighted by atomic mass is 16.4. The molecular formula is C9H7N3O4. The summed E-state index contributed by atoms with van der Waals surface area (Å²) in [4.78, 5) is 37.5. The fourth-order valence-corrected chi connectivity index (χ4v) is 1.67. The highest BCUT2D eigenvalue weighted by Gasteiger charge is 2.35. The smallest absolute Gasteiger partial charge is 0.338 e. The van der Waals surface area contributed by atoms with E-state index in [1.807, 2.05) is 5.32 Å². The number of aryl methyl sites for hydroxylation is 1. The van der Waals surface area contributed by atoms with Gasteiger partial charge in [0.15, 0.2) is 0 Å². The third-order valence-electron chi connectivity index (χ3n) is 2.30. The first-order chi connectivity index (χ1) is 7.43. The quantitative estimate of drug-likeness (QED) is 0.552. The molecule has 0 spiro atoms. The van der Waals surface area contributed by atoms with Gasteiger partial charge in [-0.15, -0.1) is 0 Å². The molecule has 2 amide bonds. The summed E-state index contributed by atoms with van der Waals surface area (Å²) in [6.07, 6.45) is 0. The number of aromatic nitrogens is 1. The van der Waals surface area contributed by atoms with E-state index >= 15 is 0 Å². The van der Waals surface area contributed by atoms with Crippen LogP contribution in [0, 0.1) is 6.92 Å². The van der Waals surface area contributed by atoms with E-state index < -0.39 is 17.8 Å². The number of hydrogen-bond donors (Lipinski definition) is 3. The number of amides is 2. The number of nitrogens with two attached hydrogens (primary N) is 1. The lowest BCUT2D eigenvalue weighted by Crippen LogP contribution is -2.21. The summed E-state index contributed by atoms with van der Waals surface area (Å²) in [5, 5.41) is 10.9. The minimum atomic E-state index is -1.31. The molecule has 0 aromatic carbocycles. The maximum absolute atomic E-state index is 11.4. The van der Waals surface area contributed by atoms with Gasteiger partial charge in [0, 0.05) is 0 Å². The minimum absolute atomic E-state index is 0.105. The Morgan fingerprint density at radius 1 is 1.31 bits per heavy atom. The zero-order valence-corrected chi connectivity index (χ0v) is 8.20. The van der Waals surface area contributed by atoms with Crippen molar-refractivity contribution in [2.24, 2.45) is 0 Å². The molecular weight excluding hydrogens is 214 g/mol. The molecule has 16 heavy (non-hydrogen) atoms. The summed E-state index contributed by atoms with van der Waals surface area (Å²) in [6, 6.07) is 0. The standard InChI is InChI=1S/C9H7N3O4/c1-2-3(9(15)16)4-5(6(10)11-2)8(14)12-7(4)13/h1H3,(H2,10,11)(H,15,16)(H,12,13,14). The average molecular weight is 221 g/mol. The molecule has 0 saturated heterocycles. The predicted molar refractivity (Wildman–Crippen MR) is 52.1 cm³/mol. The van der Waals surface area contributed by atoms with Crippen LogP contribution in [0.3, 0.4) is 0 Å². The van der Waals surface area contributed by atoms with Crippen LogP contribution in [0.25, 0.3) is 0 Å². The van der Waals surface area contributed by atoms with Crippen LogP contribution in [0.5, 0.6) is 0 Å². The molecule has 1 aliphatic heterocycles. The molecule has 82 valence electrons. The van der Waals surface area contributed by atoms with E-state index in [0.717, 1.165) is 0 Å². The third kappa shape index (κ3) is 1.14. The van der Waals surface area contributed by atoms with Gasteiger partial charge in [-0.05, 0) is 6.92 Å². The average Bonchev–Trinajstić information content (AvgIpc) is 2.41. The number of fused-ring (bicyclic) bond motifs is 1. The molecule has 7 nitrogen and oxygen atoms in total. The molecule has 0 unspecified atom stereocenters. The summed E-state index contributed by atoms with van der Waals surface area (Å²) in [6.45, 7) is 1.41. The molecule has 2 heterocycles. The number of carbonyl (C=O) groups is 3. The molecule has 0 saturated carbocycles. The maximum atomic E-state index is 11.4. The van der Waals surface area contributed by atoms with Gasteiger partial charge in [0.2, 0.25) is 0 Å². The first kappa shape index (κ1) is 10.1. The van der Waals surface area contributed by atoms with E-state index in [-0.39, 0.29) is 28.2 Å². The number of nitrogens with zero attached hydrogens (tertiary/aromatic N) is 1. The number of pyridine rings is 1. The molecule has 2 rings (SSSR count). The Balaban J connectivity index is 2.89. The lowest BCUT2D eigenvalue weighted by atomic mass is 10.0. The highest BCUT2D eigenvalue weighted by molar-refractivity contribution is 6.26. The second-order valence-electron chi connectivity index (χ2n) is 3.30. The Morgan fingerprint density at radius 3 is 2.44 bits per heavy atom. The molecule has 1 aromatic rings. The van der Waals surface area contributed by atoms with Crippen molar-refractivity contribution in [1.82, 2.24) is 10.3 Å². The second-order valence-corrected chi connectivity index (χ2v) is 3.30. The topological polar surface area (TPSA) is 122 Å². The van der Waals surface area contributed by atoms with E-state index in [1.165, 1.54) is 6.92 Å². The zero-order chi connectivity index (χ0) is 12.0. The van der Waals surface area contributed by atoms with Gasteiger partial charge in [-0.2, -0.15) is 0 Å². The Bertz CT molecular complexity index is 550. The first-order valence-corrected chi connectivity index (χ1v) is 4.32. The molecule has 0 atom stereocenters. The number of nitrogen functional groups attached to an aromatic ring is 1. The molecule has 0 radical (unpaired) electrons. The Labute approximate surface area is 89.3 Å². The van der Waals surface area contributed by atoms with Crippen LogP contribution in [0.15, 0.2) is 0 Å². The maximum Gasteiger partial charge on any atom is 0.338 e. The van der Waals surface area contributed by atoms with Crippen molar-refractivity contribution in [3.63, 3.8) is 0 Å². The number of rotatable bonds is 1. The fraction of sp³-hybridized carbons (Fsp3) is 0.111. The minimum Gasteiger partial charge on any atom is -0.478 e. The molecule has 0 aliphatic carbocycles. The van der Waals surface area contributed by atoms with Gasteiger partial charge in [0.05, 0.1) is 22.4 Å². The number of nitrogens with one attached hydrogen (secondary N) is 1. The van der Waals surface area contributed by atoms with Crippen molar-refractivity contribution < 1.29 is 19.5 Å². The monoisotopic (exact) mass is 221 g/mol. The number of hydrogen-bond acceptors (Lipinski definition) is 5. The summed E-state index contributed by atoms with van der Waals surface area (Å²) >= 11 is 0. The zero-order valence-electron chi connectivity index (χ0n) is 8.20. The van der Waals surface area contributed by atoms with Crippen LogP contribution in [0.1, 0.15) is 36.8 Å². The number of imide groups is 1. The van der Waals surface area contributed by atoms with Gasteiger partial charge in [-0.25, -0.2) is 9.78 Å². The predicted octanol–water partition coefficient (Wildman–Crippen LogP) is -0.446. The van der Waals surface area contributed by atoms with Crippen LogP contribution >= 0.6 is 0 Å². The van der Waals surface area contributed by atoms with Crippen LogP contribution in [-0.4, -0.2) is 27.9 Å². The Morgan fingerprint density at radius 2 is 1.88 bits per heavy atom. The van der Waals surface area contributed by atoms with Crippen LogP contribution < -0.4 is 11.1 Å². The van der Waals surface area contributed by atoms with E-state index in [2.05, 4.69) is 4.98 Å². The van der Waals surface area contributed by atoms with Gasteiger partial charge in [-0.1, -0.05) is 0 Å². The van der Waals surface area contributed by atoms with Crippen LogP contribution in [0.2, 0.25) is 0 Å². The van der Waals surface area contributed by atoms with Crippen molar-refractivity contribution in [1.29, 1.82) is 0 Å². The lowest BCUT2D eigenvalue weighted by Gasteiger charge is -2.06. The van der Waals surface area contributed by atoms with Gasteiger partial charge in [-0.3, -0.25) is 14.9 Å². The third-order valence-corrected chi connectivity index (χ3v) is 2.30. The molecule has 1 aromatic heterocycles. The van der Waals surface area contributed by atoms with Crippen molar-refractivity contribution >= 4 is 23.6 Å². The lowest BCUT2D eigenvalue weighted by molar-refractivity contribution is 0.0689. The van der Waals surface area contributed by atoms with Crippen LogP contribution in [-0.2, 0) is 0 Å². The van der Waals surface area contributed by atoms with Crippen molar-refractivity contribution in [3.05, 3.63) is 22.4 Å². The second kappa shape index (κ2) is 3.02. The van der Waals surface area contributed by atoms with Crippen molar-refractivity contribution in [3.8, 4) is 0 Å². The molecule has 0 bridgehead atoms. The summed E-state index contributed by atoms with van der Waals surface area (Å²) in [5.41, 5.74) is 4.93. The number of carboxylic acids is 1. The fourth-order valence-electron chi connectivity index (χ4n) is 1.67. The normalized spacial score (nSPS) is 13.6. The summed E-state index contributed by atoms with van der Waals surface area (Å²) in [5.74, 6) is -2.92. The van der Waals surface area contributed by atoms with Crippen molar-refractivity contribution in [2.45, 2.75) is 6.92 Å². The number of carbonyl (C=O) groups excluding carboxylic acids is 2. The molecule has 4 N–H and O–H groups in total. The van der Waals surface area contributed by atoms with Gasteiger partial charge < -0.3 is 10.8 Å². The van der Waals surface area contributed by atoms with Crippen molar-refractivity contribution in [2.75, 3.05) is 5.73 Å². The molecule has 0 fully saturated rings. The van der Waals surface area contributed by atoms with E-state index in [0.29, 0.717) is 0 Å². The van der Waals surface area contributed by atoms with E-state index in [9.17, 15) is 14.4 Å². The Kier molecular flexibility index (Phi) is 1.91. The largest absolute Gasteiger partial charge is 0.478 e. The van der Waals surface area contributed by atoms with Gasteiger partial charge in [0.25, 0.3) is 11.8 Å². The van der Waals surface area contributed by atoms with E-state index in [1.54, 1.807) is 0 Å². The SMILES string of the molecule is Cc1nc(N)c2c(c1C(=O)O)C(=O)NC2=O. The molecule has 7 heteroatoms. The summed E-state index contributed by atoms with van der Waals surface area (Å²) < 4.78 is 0. The Hall–Kier alpha value is -2.44. The van der Waals surface area contributed by atoms with Gasteiger partial charge >= 0.3 is 5.97 Å². The number of carboxylic acid groups (broad SMARTS) is 1. The van der Waals surface area contributed by atoms with E-state index in [4.69, 9.17) is 10.8 Å². The number of anilines is 1. The highest BCUT2D eigenvalue weighted by Crippen LogP contribution is 2.26. The first-order valence-electron chi connectivity index (χ1n) is 4.32. The summed E-state index contributed by atoms with van der Waals surface area (Å²) in [7, 11) is 0.